The molecule has 2 amide bonds. The Morgan fingerprint density at radius 3 is 2.74 bits per heavy atom. The zero-order valence-corrected chi connectivity index (χ0v) is 20.9. The second-order valence-corrected chi connectivity index (χ2v) is 9.04. The van der Waals surface area contributed by atoms with Crippen molar-refractivity contribution in [3.63, 3.8) is 0 Å². The third-order valence-electron chi connectivity index (χ3n) is 6.52. The van der Waals surface area contributed by atoms with Crippen LogP contribution in [0.3, 0.4) is 0 Å². The molecule has 1 N–H and O–H groups in total. The number of methoxy groups -OCH3 is 1. The summed E-state index contributed by atoms with van der Waals surface area (Å²) < 4.78 is 26.4. The second kappa shape index (κ2) is 11.4. The van der Waals surface area contributed by atoms with Crippen molar-refractivity contribution >= 4 is 28.5 Å². The van der Waals surface area contributed by atoms with Crippen molar-refractivity contribution in [1.82, 2.24) is 20.3 Å². The van der Waals surface area contributed by atoms with Crippen molar-refractivity contribution in [1.29, 1.82) is 0 Å². The molecule has 38 heavy (non-hydrogen) atoms. The van der Waals surface area contributed by atoms with E-state index in [0.29, 0.717) is 41.2 Å². The van der Waals surface area contributed by atoms with Crippen LogP contribution in [0.25, 0.3) is 11.0 Å². The maximum atomic E-state index is 14.0. The maximum Gasteiger partial charge on any atom is 0.249 e. The van der Waals surface area contributed by atoms with Crippen molar-refractivity contribution in [3.05, 3.63) is 84.2 Å². The Hall–Kier alpha value is -4.31. The van der Waals surface area contributed by atoms with Crippen molar-refractivity contribution in [3.8, 4) is 5.75 Å². The largest absolute Gasteiger partial charge is 0.497 e. The molecule has 0 saturated carbocycles. The summed E-state index contributed by atoms with van der Waals surface area (Å²) in [5.74, 6) is -0.736. The summed E-state index contributed by atoms with van der Waals surface area (Å²) in [4.78, 5) is 29.1. The van der Waals surface area contributed by atoms with Crippen LogP contribution in [-0.4, -0.2) is 53.2 Å². The van der Waals surface area contributed by atoms with Gasteiger partial charge in [-0.25, -0.2) is 9.07 Å². The van der Waals surface area contributed by atoms with Crippen molar-refractivity contribution < 1.29 is 23.5 Å². The molecule has 1 saturated heterocycles. The molecule has 196 valence electrons. The first-order valence-corrected chi connectivity index (χ1v) is 12.4. The Kier molecular flexibility index (Phi) is 7.60. The topological polar surface area (TPSA) is 98.6 Å². The number of nitrogens with one attached hydrogen (secondary N) is 1. The monoisotopic (exact) mass is 517 g/mol. The van der Waals surface area contributed by atoms with Crippen LogP contribution in [0.4, 0.5) is 10.1 Å². The molecule has 0 aliphatic carbocycles. The van der Waals surface area contributed by atoms with Gasteiger partial charge in [0.1, 0.15) is 29.7 Å². The predicted octanol–water partition coefficient (Wildman–Crippen LogP) is 3.65. The molecule has 1 fully saturated rings. The normalized spacial score (nSPS) is 15.8. The average molecular weight is 518 g/mol. The van der Waals surface area contributed by atoms with E-state index in [0.717, 1.165) is 12.8 Å². The lowest BCUT2D eigenvalue weighted by Crippen LogP contribution is -2.46. The molecule has 1 aliphatic rings. The van der Waals surface area contributed by atoms with Gasteiger partial charge in [-0.2, -0.15) is 0 Å². The summed E-state index contributed by atoms with van der Waals surface area (Å²) in [7, 11) is 1.53. The molecule has 0 radical (unpaired) electrons. The number of fused-ring (bicyclic) bond motifs is 1. The Bertz CT molecular complexity index is 1420. The van der Waals surface area contributed by atoms with E-state index >= 15 is 0 Å². The van der Waals surface area contributed by atoms with E-state index in [1.807, 2.05) is 18.2 Å². The lowest BCUT2D eigenvalue weighted by Gasteiger charge is -2.32. The quantitative estimate of drug-likeness (QED) is 0.364. The number of amides is 2. The molecule has 0 spiro atoms. The minimum absolute atomic E-state index is 0.0820. The maximum absolute atomic E-state index is 14.0. The number of halogens is 1. The van der Waals surface area contributed by atoms with E-state index in [2.05, 4.69) is 15.6 Å². The lowest BCUT2D eigenvalue weighted by molar-refractivity contribution is -0.127. The molecule has 0 bridgehead atoms. The van der Waals surface area contributed by atoms with Crippen molar-refractivity contribution in [2.24, 2.45) is 0 Å². The molecular weight excluding hydrogens is 489 g/mol. The third kappa shape index (κ3) is 5.50. The van der Waals surface area contributed by atoms with Crippen LogP contribution in [0.2, 0.25) is 0 Å². The Morgan fingerprint density at radius 2 is 1.97 bits per heavy atom. The number of carbonyl (C=O) groups excluding carboxylic acids is 2. The van der Waals surface area contributed by atoms with Crippen LogP contribution in [-0.2, 0) is 20.9 Å². The van der Waals surface area contributed by atoms with Crippen LogP contribution in [0.1, 0.15) is 24.4 Å². The second-order valence-electron chi connectivity index (χ2n) is 9.04. The van der Waals surface area contributed by atoms with Gasteiger partial charge in [-0.1, -0.05) is 29.5 Å². The first kappa shape index (κ1) is 25.3. The number of hydrogen-bond donors (Lipinski definition) is 1. The number of carbonyl (C=O) groups is 2. The Labute approximate surface area is 219 Å². The zero-order valence-electron chi connectivity index (χ0n) is 20.9. The van der Waals surface area contributed by atoms with Gasteiger partial charge < -0.3 is 14.8 Å². The van der Waals surface area contributed by atoms with Crippen LogP contribution < -0.4 is 15.0 Å². The summed E-state index contributed by atoms with van der Waals surface area (Å²) in [6, 6.07) is 18.7. The zero-order chi connectivity index (χ0) is 26.5. The number of ether oxygens (including phenoxy) is 2. The molecule has 4 aromatic rings. The van der Waals surface area contributed by atoms with E-state index < -0.39 is 23.7 Å². The van der Waals surface area contributed by atoms with E-state index in [-0.39, 0.29) is 12.6 Å². The van der Waals surface area contributed by atoms with Crippen LogP contribution in [0.15, 0.2) is 72.8 Å². The fraction of sp³-hybridized carbons (Fsp3) is 0.286. The number of hydrogen-bond acceptors (Lipinski definition) is 6. The van der Waals surface area contributed by atoms with Gasteiger partial charge in [-0.3, -0.25) is 14.5 Å². The van der Waals surface area contributed by atoms with E-state index in [9.17, 15) is 14.0 Å². The van der Waals surface area contributed by atoms with E-state index in [1.165, 1.54) is 41.0 Å². The third-order valence-corrected chi connectivity index (χ3v) is 6.52. The summed E-state index contributed by atoms with van der Waals surface area (Å²) in [5.41, 5.74) is 2.23. The number of nitrogens with zero attached hydrogens (tertiary/aromatic N) is 4. The van der Waals surface area contributed by atoms with Crippen molar-refractivity contribution in [2.75, 3.05) is 25.2 Å². The number of para-hydroxylation sites is 1. The fourth-order valence-corrected chi connectivity index (χ4v) is 4.62. The van der Waals surface area contributed by atoms with Gasteiger partial charge >= 0.3 is 0 Å². The number of benzene rings is 3. The van der Waals surface area contributed by atoms with Gasteiger partial charge in [-0.05, 0) is 66.9 Å². The highest BCUT2D eigenvalue weighted by atomic mass is 19.1. The molecule has 2 heterocycles. The van der Waals surface area contributed by atoms with Gasteiger partial charge in [-0.15, -0.1) is 5.10 Å². The van der Waals surface area contributed by atoms with Crippen LogP contribution >= 0.6 is 0 Å². The van der Waals surface area contributed by atoms with Gasteiger partial charge in [0, 0.05) is 18.8 Å². The smallest absolute Gasteiger partial charge is 0.249 e. The molecule has 1 aromatic heterocycles. The average Bonchev–Trinajstić information content (AvgIpc) is 3.61. The lowest BCUT2D eigenvalue weighted by atomic mass is 10.0. The number of anilines is 1. The SMILES string of the molecule is COc1cccc([C@H](C(=O)NC[C@@H]2CCCO2)N(C(=O)Cn2nnc3ccccc32)c2ccc(F)cc2)c1. The highest BCUT2D eigenvalue weighted by Gasteiger charge is 2.34. The number of aromatic nitrogens is 3. The van der Waals surface area contributed by atoms with Crippen LogP contribution in [0.5, 0.6) is 5.75 Å². The highest BCUT2D eigenvalue weighted by Crippen LogP contribution is 2.31. The summed E-state index contributed by atoms with van der Waals surface area (Å²) in [6.45, 7) is 0.793. The summed E-state index contributed by atoms with van der Waals surface area (Å²) >= 11 is 0. The molecule has 0 unspecified atom stereocenters. The number of rotatable bonds is 9. The summed E-state index contributed by atoms with van der Waals surface area (Å²) in [6.07, 6.45) is 1.71. The molecule has 5 rings (SSSR count). The molecule has 10 heteroatoms. The van der Waals surface area contributed by atoms with Gasteiger partial charge in [0.15, 0.2) is 0 Å². The molecule has 3 aromatic carbocycles. The summed E-state index contributed by atoms with van der Waals surface area (Å²) in [5, 5.41) is 11.2. The standard InChI is InChI=1S/C28H28FN5O4/c1-37-22-7-4-6-19(16-22)27(28(36)30-17-23-8-5-15-38-23)34(21-13-11-20(29)12-14-21)26(35)18-33-25-10-3-2-9-24(25)31-32-33/h2-4,6-7,9-14,16,23,27H,5,8,15,17-18H2,1H3,(H,30,36)/t23-,27+/m0/s1. The predicted molar refractivity (Wildman–Crippen MR) is 139 cm³/mol. The minimum atomic E-state index is -1.07. The molecule has 2 atom stereocenters. The molecule has 9 nitrogen and oxygen atoms in total. The van der Waals surface area contributed by atoms with E-state index in [4.69, 9.17) is 9.47 Å². The van der Waals surface area contributed by atoms with Crippen LogP contribution in [0, 0.1) is 5.82 Å². The van der Waals surface area contributed by atoms with Gasteiger partial charge in [0.2, 0.25) is 11.8 Å². The van der Waals surface area contributed by atoms with Crippen molar-refractivity contribution in [2.45, 2.75) is 31.5 Å². The first-order chi connectivity index (χ1) is 18.5. The fourth-order valence-electron chi connectivity index (χ4n) is 4.62. The molecule has 1 aliphatic heterocycles. The minimum Gasteiger partial charge on any atom is -0.497 e. The van der Waals surface area contributed by atoms with E-state index in [1.54, 1.807) is 30.3 Å². The molecular formula is C28H28FN5O4. The van der Waals surface area contributed by atoms with Gasteiger partial charge in [0.05, 0.1) is 18.7 Å². The Morgan fingerprint density at radius 1 is 1.16 bits per heavy atom. The highest BCUT2D eigenvalue weighted by molar-refractivity contribution is 6.01. The van der Waals surface area contributed by atoms with Gasteiger partial charge in [0.25, 0.3) is 0 Å². The Balaban J connectivity index is 1.54. The first-order valence-electron chi connectivity index (χ1n) is 12.4.